The maximum atomic E-state index is 5.65. The van der Waals surface area contributed by atoms with E-state index in [4.69, 9.17) is 11.2 Å². The molecule has 0 spiro atoms. The van der Waals surface area contributed by atoms with Crippen LogP contribution in [0.4, 0.5) is 0 Å². The summed E-state index contributed by atoms with van der Waals surface area (Å²) >= 11 is 0. The minimum Gasteiger partial charge on any atom is -0.501 e. The Morgan fingerprint density at radius 2 is 2.04 bits per heavy atom. The molecule has 0 aromatic heterocycles. The maximum Gasteiger partial charge on any atom is 0.0958 e. The number of allylic oxidation sites excluding steroid dienone is 4. The van der Waals surface area contributed by atoms with Crippen LogP contribution in [0.5, 0.6) is 0 Å². The first-order valence-corrected chi connectivity index (χ1v) is 10.8. The van der Waals surface area contributed by atoms with Gasteiger partial charge in [0.15, 0.2) is 0 Å². The first kappa shape index (κ1) is 18.2. The van der Waals surface area contributed by atoms with Gasteiger partial charge in [-0.25, -0.2) is 0 Å². The molecule has 0 aromatic rings. The molecule has 2 saturated carbocycles. The van der Waals surface area contributed by atoms with Gasteiger partial charge in [0, 0.05) is 12.8 Å². The second kappa shape index (κ2) is 6.47. The predicted molar refractivity (Wildman–Crippen MR) is 108 cm³/mol. The molecule has 1 heteroatoms. The fourth-order valence-corrected chi connectivity index (χ4v) is 7.76. The Morgan fingerprint density at radius 3 is 2.77 bits per heavy atom. The van der Waals surface area contributed by atoms with Crippen molar-refractivity contribution in [2.45, 2.75) is 72.1 Å². The summed E-state index contributed by atoms with van der Waals surface area (Å²) in [6, 6.07) is 0. The van der Waals surface area contributed by atoms with E-state index in [0.29, 0.717) is 16.7 Å². The number of rotatable bonds is 3. The van der Waals surface area contributed by atoms with Crippen molar-refractivity contribution in [2.75, 3.05) is 7.11 Å². The number of hydrogen-bond donors (Lipinski definition) is 0. The van der Waals surface area contributed by atoms with Gasteiger partial charge in [-0.3, -0.25) is 0 Å². The molecule has 7 unspecified atom stereocenters. The Morgan fingerprint density at radius 1 is 1.23 bits per heavy atom. The van der Waals surface area contributed by atoms with Gasteiger partial charge >= 0.3 is 0 Å². The molecule has 4 rings (SSSR count). The summed E-state index contributed by atoms with van der Waals surface area (Å²) in [5.74, 6) is 8.26. The molecule has 0 aliphatic heterocycles. The van der Waals surface area contributed by atoms with Gasteiger partial charge in [-0.15, -0.1) is 12.3 Å². The highest BCUT2D eigenvalue weighted by Crippen LogP contribution is 2.67. The SMILES string of the molecule is C#CCC(C)C1CCC2C3CC=C4C=C(OC)CCC4(C)C3CCC12C. The van der Waals surface area contributed by atoms with Crippen LogP contribution in [-0.4, -0.2) is 7.11 Å². The van der Waals surface area contributed by atoms with Crippen molar-refractivity contribution >= 4 is 0 Å². The minimum absolute atomic E-state index is 0.370. The summed E-state index contributed by atoms with van der Waals surface area (Å²) in [5.41, 5.74) is 2.46. The van der Waals surface area contributed by atoms with E-state index >= 15 is 0 Å². The molecule has 1 nitrogen and oxygen atoms in total. The summed E-state index contributed by atoms with van der Waals surface area (Å²) in [6.45, 7) is 7.57. The van der Waals surface area contributed by atoms with Crippen LogP contribution < -0.4 is 0 Å². The largest absolute Gasteiger partial charge is 0.501 e. The quantitative estimate of drug-likeness (QED) is 0.537. The highest BCUT2D eigenvalue weighted by Gasteiger charge is 2.58. The first-order chi connectivity index (χ1) is 12.4. The van der Waals surface area contributed by atoms with E-state index in [-0.39, 0.29) is 0 Å². The van der Waals surface area contributed by atoms with Crippen LogP contribution in [-0.2, 0) is 4.74 Å². The van der Waals surface area contributed by atoms with Crippen LogP contribution in [0.1, 0.15) is 72.1 Å². The lowest BCUT2D eigenvalue weighted by molar-refractivity contribution is -0.0453. The van der Waals surface area contributed by atoms with E-state index in [1.807, 2.05) is 7.11 Å². The molecule has 4 aliphatic carbocycles. The number of terminal acetylenes is 1. The van der Waals surface area contributed by atoms with Crippen LogP contribution in [0.25, 0.3) is 0 Å². The van der Waals surface area contributed by atoms with E-state index in [9.17, 15) is 0 Å². The highest BCUT2D eigenvalue weighted by atomic mass is 16.5. The van der Waals surface area contributed by atoms with E-state index < -0.39 is 0 Å². The molecule has 2 fully saturated rings. The van der Waals surface area contributed by atoms with Crippen LogP contribution in [0.2, 0.25) is 0 Å². The van der Waals surface area contributed by atoms with Gasteiger partial charge < -0.3 is 4.74 Å². The topological polar surface area (TPSA) is 9.23 Å². The summed E-state index contributed by atoms with van der Waals surface area (Å²) in [4.78, 5) is 0. The fourth-order valence-electron chi connectivity index (χ4n) is 7.76. The Hall–Kier alpha value is -1.16. The van der Waals surface area contributed by atoms with Crippen molar-refractivity contribution in [2.24, 2.45) is 40.4 Å². The molecule has 0 bridgehead atoms. The third-order valence-corrected chi connectivity index (χ3v) is 9.19. The molecule has 26 heavy (non-hydrogen) atoms. The smallest absolute Gasteiger partial charge is 0.0958 e. The zero-order chi connectivity index (χ0) is 18.5. The summed E-state index contributed by atoms with van der Waals surface area (Å²) in [7, 11) is 1.82. The van der Waals surface area contributed by atoms with Gasteiger partial charge in [-0.05, 0) is 90.6 Å². The van der Waals surface area contributed by atoms with Gasteiger partial charge in [-0.1, -0.05) is 26.8 Å². The molecule has 0 radical (unpaired) electrons. The van der Waals surface area contributed by atoms with Crippen molar-refractivity contribution in [3.63, 3.8) is 0 Å². The summed E-state index contributed by atoms with van der Waals surface area (Å²) in [5, 5.41) is 0. The van der Waals surface area contributed by atoms with Crippen molar-refractivity contribution in [3.05, 3.63) is 23.5 Å². The van der Waals surface area contributed by atoms with E-state index in [1.165, 1.54) is 44.3 Å². The standard InChI is InChI=1S/C25H36O/c1-6-7-17(2)21-10-11-22-20-9-8-18-16-19(26-5)12-14-24(18,3)23(20)13-15-25(21,22)4/h1,8,16-17,20-23H,7,9-15H2,2-5H3. The first-order valence-electron chi connectivity index (χ1n) is 10.8. The average Bonchev–Trinajstić information content (AvgIpc) is 2.98. The lowest BCUT2D eigenvalue weighted by atomic mass is 9.47. The third-order valence-electron chi connectivity index (χ3n) is 9.19. The molecule has 7 atom stereocenters. The van der Waals surface area contributed by atoms with E-state index in [1.54, 1.807) is 5.57 Å². The van der Waals surface area contributed by atoms with Gasteiger partial charge in [-0.2, -0.15) is 0 Å². The average molecular weight is 353 g/mol. The molecule has 0 amide bonds. The van der Waals surface area contributed by atoms with Gasteiger partial charge in [0.05, 0.1) is 12.9 Å². The predicted octanol–water partition coefficient (Wildman–Crippen LogP) is 6.37. The third kappa shape index (κ3) is 2.51. The summed E-state index contributed by atoms with van der Waals surface area (Å²) in [6.07, 6.45) is 20.8. The van der Waals surface area contributed by atoms with Gasteiger partial charge in [0.2, 0.25) is 0 Å². The van der Waals surface area contributed by atoms with Gasteiger partial charge in [0.25, 0.3) is 0 Å². The lowest BCUT2D eigenvalue weighted by Crippen LogP contribution is -2.49. The highest BCUT2D eigenvalue weighted by molar-refractivity contribution is 5.35. The lowest BCUT2D eigenvalue weighted by Gasteiger charge is -2.57. The molecule has 0 saturated heterocycles. The minimum atomic E-state index is 0.370. The Kier molecular flexibility index (Phi) is 4.53. The molecule has 142 valence electrons. The second-order valence-corrected chi connectivity index (χ2v) is 10.1. The summed E-state index contributed by atoms with van der Waals surface area (Å²) < 4.78 is 5.57. The zero-order valence-electron chi connectivity index (χ0n) is 17.2. The fraction of sp³-hybridized carbons (Fsp3) is 0.760. The van der Waals surface area contributed by atoms with Gasteiger partial charge in [0.1, 0.15) is 0 Å². The van der Waals surface area contributed by atoms with Crippen molar-refractivity contribution < 1.29 is 4.74 Å². The van der Waals surface area contributed by atoms with E-state index in [2.05, 4.69) is 38.8 Å². The Labute approximate surface area is 160 Å². The molecule has 0 aromatic carbocycles. The second-order valence-electron chi connectivity index (χ2n) is 10.1. The zero-order valence-corrected chi connectivity index (χ0v) is 17.2. The molecular weight excluding hydrogens is 316 g/mol. The normalized spacial score (nSPS) is 45.3. The molecule has 0 heterocycles. The maximum absolute atomic E-state index is 5.65. The molecular formula is C25H36O. The molecule has 0 N–H and O–H groups in total. The van der Waals surface area contributed by atoms with Crippen molar-refractivity contribution in [3.8, 4) is 12.3 Å². The number of ether oxygens (including phenoxy) is 1. The number of fused-ring (bicyclic) bond motifs is 5. The van der Waals surface area contributed by atoms with Crippen LogP contribution in [0.3, 0.4) is 0 Å². The molecule has 4 aliphatic rings. The van der Waals surface area contributed by atoms with Crippen LogP contribution in [0.15, 0.2) is 23.5 Å². The van der Waals surface area contributed by atoms with Crippen LogP contribution in [0, 0.1) is 52.8 Å². The van der Waals surface area contributed by atoms with Crippen LogP contribution >= 0.6 is 0 Å². The van der Waals surface area contributed by atoms with E-state index in [0.717, 1.165) is 36.5 Å². The van der Waals surface area contributed by atoms with Crippen molar-refractivity contribution in [1.29, 1.82) is 0 Å². The monoisotopic (exact) mass is 352 g/mol. The van der Waals surface area contributed by atoms with Crippen molar-refractivity contribution in [1.82, 2.24) is 0 Å². The number of hydrogen-bond acceptors (Lipinski definition) is 1. The Bertz CT molecular complexity index is 664. The Balaban J connectivity index is 1.62. The number of methoxy groups -OCH3 is 1.